The molecule has 0 unspecified atom stereocenters. The lowest BCUT2D eigenvalue weighted by atomic mass is 10.1. The van der Waals surface area contributed by atoms with E-state index in [2.05, 4.69) is 5.32 Å². The number of quaternary nitrogens is 1. The van der Waals surface area contributed by atoms with Crippen molar-refractivity contribution in [1.29, 1.82) is 0 Å². The predicted molar refractivity (Wildman–Crippen MR) is 93.6 cm³/mol. The molecule has 7 nitrogen and oxygen atoms in total. The first-order valence-corrected chi connectivity index (χ1v) is 8.07. The maximum Gasteiger partial charge on any atom is 0.311 e. The van der Waals surface area contributed by atoms with Crippen LogP contribution in [0.5, 0.6) is 5.75 Å². The summed E-state index contributed by atoms with van der Waals surface area (Å²) in [6.45, 7) is -0.0612. The summed E-state index contributed by atoms with van der Waals surface area (Å²) in [5.74, 6) is -1.39. The average Bonchev–Trinajstić information content (AvgIpc) is 2.60. The van der Waals surface area contributed by atoms with E-state index in [1.807, 2.05) is 44.4 Å². The van der Waals surface area contributed by atoms with Crippen LogP contribution < -0.4 is 15.0 Å². The van der Waals surface area contributed by atoms with Crippen LogP contribution >= 0.6 is 0 Å². The van der Waals surface area contributed by atoms with Gasteiger partial charge in [0, 0.05) is 17.7 Å². The molecule has 0 radical (unpaired) electrons. The van der Waals surface area contributed by atoms with E-state index in [0.717, 1.165) is 28.7 Å². The molecule has 1 amide bonds. The molecule has 26 heavy (non-hydrogen) atoms. The molecule has 0 saturated carbocycles. The number of nitro benzene ring substituents is 1. The molecule has 0 aliphatic carbocycles. The van der Waals surface area contributed by atoms with Crippen LogP contribution in [-0.2, 0) is 4.79 Å². The summed E-state index contributed by atoms with van der Waals surface area (Å²) in [4.78, 5) is 23.4. The lowest BCUT2D eigenvalue weighted by molar-refractivity contribution is -0.890. The van der Waals surface area contributed by atoms with Crippen molar-refractivity contribution in [3.8, 4) is 5.75 Å². The van der Waals surface area contributed by atoms with Crippen LogP contribution in [0.2, 0.25) is 0 Å². The van der Waals surface area contributed by atoms with Crippen LogP contribution in [0.4, 0.5) is 10.1 Å². The van der Waals surface area contributed by atoms with E-state index in [1.165, 1.54) is 0 Å². The number of halogens is 1. The molecular weight excluding hydrogens is 341 g/mol. The third-order valence-corrected chi connectivity index (χ3v) is 3.88. The summed E-state index contributed by atoms with van der Waals surface area (Å²) in [6.07, 6.45) is 0. The van der Waals surface area contributed by atoms with E-state index in [1.54, 1.807) is 0 Å². The molecule has 0 spiro atoms. The van der Waals surface area contributed by atoms with Gasteiger partial charge in [0.2, 0.25) is 5.75 Å². The zero-order valence-electron chi connectivity index (χ0n) is 14.6. The first kappa shape index (κ1) is 19.3. The molecule has 2 N–H and O–H groups in total. The Kier molecular flexibility index (Phi) is 6.62. The smallest absolute Gasteiger partial charge is 0.311 e. The van der Waals surface area contributed by atoms with Crippen molar-refractivity contribution in [1.82, 2.24) is 5.32 Å². The number of nitrogens with zero attached hydrogens (tertiary/aromatic N) is 1. The molecule has 0 aromatic heterocycles. The Labute approximate surface area is 150 Å². The number of carbonyl (C=O) groups is 1. The van der Waals surface area contributed by atoms with Gasteiger partial charge in [-0.1, -0.05) is 30.3 Å². The summed E-state index contributed by atoms with van der Waals surface area (Å²) in [6, 6.07) is 12.7. The van der Waals surface area contributed by atoms with Gasteiger partial charge in [0.1, 0.15) is 11.9 Å². The van der Waals surface area contributed by atoms with E-state index >= 15 is 0 Å². The second-order valence-electron chi connectivity index (χ2n) is 6.00. The zero-order valence-corrected chi connectivity index (χ0v) is 14.6. The van der Waals surface area contributed by atoms with Crippen LogP contribution in [0.25, 0.3) is 0 Å². The van der Waals surface area contributed by atoms with Gasteiger partial charge in [-0.2, -0.15) is 0 Å². The van der Waals surface area contributed by atoms with Gasteiger partial charge < -0.3 is 15.0 Å². The first-order valence-electron chi connectivity index (χ1n) is 8.07. The molecule has 8 heteroatoms. The molecule has 0 saturated heterocycles. The van der Waals surface area contributed by atoms with Crippen LogP contribution in [0, 0.1) is 15.9 Å². The molecule has 2 aromatic rings. The van der Waals surface area contributed by atoms with Crippen LogP contribution in [-0.4, -0.2) is 38.1 Å². The van der Waals surface area contributed by atoms with Gasteiger partial charge in [0.05, 0.1) is 25.6 Å². The maximum atomic E-state index is 13.3. The number of ether oxygens (including phenoxy) is 1. The summed E-state index contributed by atoms with van der Waals surface area (Å²) < 4.78 is 18.4. The molecule has 1 atom stereocenters. The average molecular weight is 362 g/mol. The van der Waals surface area contributed by atoms with Gasteiger partial charge >= 0.3 is 5.69 Å². The molecule has 0 bridgehead atoms. The molecular formula is C18H21FN3O4+. The highest BCUT2D eigenvalue weighted by Gasteiger charge is 2.20. The molecule has 0 aliphatic rings. The Morgan fingerprint density at radius 2 is 1.96 bits per heavy atom. The number of likely N-dealkylation sites (N-methyl/N-ethyl adjacent to an activating group) is 1. The SMILES string of the molecule is C[NH+](C)[C@@H](CNC(=O)COc1cc(F)ccc1[N+](=O)[O-])c1ccccc1. The highest BCUT2D eigenvalue weighted by atomic mass is 19.1. The minimum atomic E-state index is -0.687. The second kappa shape index (κ2) is 8.91. The lowest BCUT2D eigenvalue weighted by Gasteiger charge is -2.22. The van der Waals surface area contributed by atoms with Crippen molar-refractivity contribution >= 4 is 11.6 Å². The van der Waals surface area contributed by atoms with Crippen molar-refractivity contribution in [3.05, 3.63) is 70.0 Å². The van der Waals surface area contributed by atoms with Crippen LogP contribution in [0.1, 0.15) is 11.6 Å². The summed E-state index contributed by atoms with van der Waals surface area (Å²) >= 11 is 0. The Morgan fingerprint density at radius 1 is 1.27 bits per heavy atom. The topological polar surface area (TPSA) is 85.9 Å². The monoisotopic (exact) mass is 362 g/mol. The summed E-state index contributed by atoms with van der Waals surface area (Å²) in [5.41, 5.74) is 0.689. The number of benzene rings is 2. The Balaban J connectivity index is 1.95. The van der Waals surface area contributed by atoms with Crippen molar-refractivity contribution in [2.24, 2.45) is 0 Å². The van der Waals surface area contributed by atoms with Crippen molar-refractivity contribution in [3.63, 3.8) is 0 Å². The fourth-order valence-electron chi connectivity index (χ4n) is 2.51. The molecule has 2 aromatic carbocycles. The van der Waals surface area contributed by atoms with Gasteiger partial charge in [-0.15, -0.1) is 0 Å². The maximum absolute atomic E-state index is 13.3. The zero-order chi connectivity index (χ0) is 19.1. The third kappa shape index (κ3) is 5.25. The fourth-order valence-corrected chi connectivity index (χ4v) is 2.51. The molecule has 0 heterocycles. The number of carbonyl (C=O) groups excluding carboxylic acids is 1. The first-order chi connectivity index (χ1) is 12.4. The Hall–Kier alpha value is -3.00. The lowest BCUT2D eigenvalue weighted by Crippen LogP contribution is -3.07. The van der Waals surface area contributed by atoms with Crippen molar-refractivity contribution < 1.29 is 23.7 Å². The van der Waals surface area contributed by atoms with Gasteiger partial charge in [0.15, 0.2) is 6.61 Å². The minimum Gasteiger partial charge on any atom is -0.477 e. The Bertz CT molecular complexity index is 768. The highest BCUT2D eigenvalue weighted by Crippen LogP contribution is 2.27. The number of nitro groups is 1. The van der Waals surface area contributed by atoms with Crippen LogP contribution in [0.3, 0.4) is 0 Å². The molecule has 0 fully saturated rings. The van der Waals surface area contributed by atoms with E-state index < -0.39 is 23.3 Å². The van der Waals surface area contributed by atoms with Gasteiger partial charge in [0.25, 0.3) is 5.91 Å². The van der Waals surface area contributed by atoms with Crippen molar-refractivity contribution in [2.75, 3.05) is 27.2 Å². The van der Waals surface area contributed by atoms with E-state index in [0.29, 0.717) is 6.54 Å². The molecule has 0 aliphatic heterocycles. The Morgan fingerprint density at radius 3 is 2.58 bits per heavy atom. The number of hydrogen-bond acceptors (Lipinski definition) is 4. The fraction of sp³-hybridized carbons (Fsp3) is 0.278. The van der Waals surface area contributed by atoms with Gasteiger partial charge in [-0.25, -0.2) is 4.39 Å². The van der Waals surface area contributed by atoms with E-state index in [-0.39, 0.29) is 17.5 Å². The predicted octanol–water partition coefficient (Wildman–Crippen LogP) is 1.11. The van der Waals surface area contributed by atoms with E-state index in [9.17, 15) is 19.3 Å². The largest absolute Gasteiger partial charge is 0.477 e. The number of amides is 1. The normalized spacial score (nSPS) is 11.8. The number of rotatable bonds is 8. The summed E-state index contributed by atoms with van der Waals surface area (Å²) in [7, 11) is 3.97. The molecule has 2 rings (SSSR count). The standard InChI is InChI=1S/C18H20FN3O4/c1-21(2)16(13-6-4-3-5-7-13)11-20-18(23)12-26-17-10-14(19)8-9-15(17)22(24)25/h3-10,16H,11-12H2,1-2H3,(H,20,23)/p+1/t16-/m0/s1. The third-order valence-electron chi connectivity index (χ3n) is 3.88. The summed E-state index contributed by atoms with van der Waals surface area (Å²) in [5, 5.41) is 13.7. The van der Waals surface area contributed by atoms with Gasteiger partial charge in [-0.3, -0.25) is 14.9 Å². The minimum absolute atomic E-state index is 0.0451. The van der Waals surface area contributed by atoms with Crippen molar-refractivity contribution in [2.45, 2.75) is 6.04 Å². The van der Waals surface area contributed by atoms with Gasteiger partial charge in [-0.05, 0) is 6.07 Å². The highest BCUT2D eigenvalue weighted by molar-refractivity contribution is 5.77. The van der Waals surface area contributed by atoms with Crippen LogP contribution in [0.15, 0.2) is 48.5 Å². The number of nitrogens with one attached hydrogen (secondary N) is 2. The second-order valence-corrected chi connectivity index (χ2v) is 6.00. The number of hydrogen-bond donors (Lipinski definition) is 2. The van der Waals surface area contributed by atoms with E-state index in [4.69, 9.17) is 4.74 Å². The quantitative estimate of drug-likeness (QED) is 0.544. The molecule has 138 valence electrons.